The van der Waals surface area contributed by atoms with Crippen LogP contribution in [0.3, 0.4) is 0 Å². The smallest absolute Gasteiger partial charge is 0.266 e. The van der Waals surface area contributed by atoms with Crippen LogP contribution in [-0.4, -0.2) is 19.4 Å². The maximum absolute atomic E-state index is 11.9. The van der Waals surface area contributed by atoms with E-state index >= 15 is 0 Å². The van der Waals surface area contributed by atoms with E-state index in [2.05, 4.69) is 16.3 Å². The van der Waals surface area contributed by atoms with Gasteiger partial charge < -0.3 is 4.98 Å². The molecular weight excluding hydrogens is 264 g/mol. The van der Waals surface area contributed by atoms with Gasteiger partial charge in [-0.1, -0.05) is 17.7 Å². The van der Waals surface area contributed by atoms with Gasteiger partial charge in [-0.2, -0.15) is 0 Å². The minimum absolute atomic E-state index is 0.0713. The van der Waals surface area contributed by atoms with Crippen molar-refractivity contribution in [3.05, 3.63) is 40.3 Å². The van der Waals surface area contributed by atoms with Gasteiger partial charge in [0.2, 0.25) is 10.0 Å². The Hall–Kier alpha value is -1.11. The highest BCUT2D eigenvalue weighted by Gasteiger charge is 2.17. The van der Waals surface area contributed by atoms with Crippen LogP contribution in [-0.2, 0) is 10.0 Å². The first-order valence-electron chi connectivity index (χ1n) is 4.88. The number of nitrogens with one attached hydrogen (secondary N) is 2. The Kier molecular flexibility index (Phi) is 4.50. The lowest BCUT2D eigenvalue weighted by Gasteiger charge is -2.12. The van der Waals surface area contributed by atoms with E-state index in [1.165, 1.54) is 0 Å². The first kappa shape index (κ1) is 14.0. The number of hydrogen-bond acceptors (Lipinski definition) is 3. The molecule has 94 valence electrons. The van der Waals surface area contributed by atoms with Crippen LogP contribution in [0.25, 0.3) is 0 Å². The molecule has 0 amide bonds. The first-order valence-corrected chi connectivity index (χ1v) is 6.74. The minimum Gasteiger partial charge on any atom is -0.326 e. The van der Waals surface area contributed by atoms with Crippen molar-refractivity contribution in [2.24, 2.45) is 0 Å². The number of H-pyrrole nitrogens is 1. The highest BCUT2D eigenvalue weighted by molar-refractivity contribution is 7.89. The topological polar surface area (TPSA) is 79.0 Å². The van der Waals surface area contributed by atoms with Gasteiger partial charge in [0.1, 0.15) is 5.02 Å². The number of pyridine rings is 1. The van der Waals surface area contributed by atoms with Gasteiger partial charge >= 0.3 is 0 Å². The van der Waals surface area contributed by atoms with E-state index in [9.17, 15) is 13.2 Å². The molecule has 17 heavy (non-hydrogen) atoms. The Morgan fingerprint density at radius 2 is 2.29 bits per heavy atom. The summed E-state index contributed by atoms with van der Waals surface area (Å²) in [7, 11) is -3.67. The van der Waals surface area contributed by atoms with Crippen molar-refractivity contribution >= 4 is 21.6 Å². The second kappa shape index (κ2) is 5.48. The van der Waals surface area contributed by atoms with E-state index in [0.29, 0.717) is 6.42 Å². The molecule has 1 aromatic rings. The molecule has 1 heterocycles. The SMILES string of the molecule is C=CCC(C)NS(=O)(=O)c1c[nH]c(=O)c(Cl)c1. The quantitative estimate of drug-likeness (QED) is 0.795. The summed E-state index contributed by atoms with van der Waals surface area (Å²) in [5, 5.41) is -0.163. The molecule has 0 aliphatic carbocycles. The molecule has 0 aromatic carbocycles. The molecule has 1 rings (SSSR count). The summed E-state index contributed by atoms with van der Waals surface area (Å²) in [5.74, 6) is 0. The van der Waals surface area contributed by atoms with Gasteiger partial charge in [0, 0.05) is 12.2 Å². The van der Waals surface area contributed by atoms with E-state index in [-0.39, 0.29) is 16.0 Å². The van der Waals surface area contributed by atoms with Crippen molar-refractivity contribution in [3.63, 3.8) is 0 Å². The second-order valence-corrected chi connectivity index (χ2v) is 5.68. The average Bonchev–Trinajstić information content (AvgIpc) is 2.21. The van der Waals surface area contributed by atoms with Gasteiger partial charge in [0.15, 0.2) is 0 Å². The lowest BCUT2D eigenvalue weighted by Crippen LogP contribution is -2.32. The zero-order valence-electron chi connectivity index (χ0n) is 9.23. The van der Waals surface area contributed by atoms with Crippen molar-refractivity contribution in [2.45, 2.75) is 24.3 Å². The van der Waals surface area contributed by atoms with Gasteiger partial charge in [0.25, 0.3) is 5.56 Å². The Morgan fingerprint density at radius 3 is 2.82 bits per heavy atom. The molecule has 0 saturated heterocycles. The van der Waals surface area contributed by atoms with Gasteiger partial charge in [-0.3, -0.25) is 4.79 Å². The standard InChI is InChI=1S/C10H13ClN2O3S/c1-3-4-7(2)13-17(15,16)8-5-9(11)10(14)12-6-8/h3,5-7,13H,1,4H2,2H3,(H,12,14). The normalized spacial score (nSPS) is 13.3. The maximum atomic E-state index is 11.9. The van der Waals surface area contributed by atoms with E-state index in [4.69, 9.17) is 11.6 Å². The molecule has 2 N–H and O–H groups in total. The molecule has 1 atom stereocenters. The summed E-state index contributed by atoms with van der Waals surface area (Å²) in [4.78, 5) is 13.2. The van der Waals surface area contributed by atoms with Gasteiger partial charge in [-0.15, -0.1) is 6.58 Å². The highest BCUT2D eigenvalue weighted by atomic mass is 35.5. The Morgan fingerprint density at radius 1 is 1.65 bits per heavy atom. The monoisotopic (exact) mass is 276 g/mol. The van der Waals surface area contributed by atoms with E-state index in [0.717, 1.165) is 12.3 Å². The molecule has 0 fully saturated rings. The lowest BCUT2D eigenvalue weighted by atomic mass is 10.3. The molecule has 0 radical (unpaired) electrons. The summed E-state index contributed by atoms with van der Waals surface area (Å²) >= 11 is 5.57. The van der Waals surface area contributed by atoms with E-state index in [1.807, 2.05) is 0 Å². The fraction of sp³-hybridized carbons (Fsp3) is 0.300. The third-order valence-corrected chi connectivity index (χ3v) is 3.87. The molecule has 0 saturated carbocycles. The number of aromatic nitrogens is 1. The summed E-state index contributed by atoms with van der Waals surface area (Å²) in [6, 6.07) is 0.840. The fourth-order valence-corrected chi connectivity index (χ4v) is 2.71. The predicted molar refractivity (Wildman–Crippen MR) is 66.7 cm³/mol. The van der Waals surface area contributed by atoms with Gasteiger partial charge in [-0.05, 0) is 19.4 Å². The summed E-state index contributed by atoms with van der Waals surface area (Å²) in [6.07, 6.45) is 3.24. The van der Waals surface area contributed by atoms with Crippen molar-refractivity contribution < 1.29 is 8.42 Å². The first-order chi connectivity index (χ1) is 7.86. The van der Waals surface area contributed by atoms with Crippen LogP contribution in [0, 0.1) is 0 Å². The maximum Gasteiger partial charge on any atom is 0.266 e. The van der Waals surface area contributed by atoms with Gasteiger partial charge in [-0.25, -0.2) is 13.1 Å². The molecule has 5 nitrogen and oxygen atoms in total. The fourth-order valence-electron chi connectivity index (χ4n) is 1.22. The number of hydrogen-bond donors (Lipinski definition) is 2. The van der Waals surface area contributed by atoms with Crippen molar-refractivity contribution in [2.75, 3.05) is 0 Å². The van der Waals surface area contributed by atoms with E-state index in [1.54, 1.807) is 13.0 Å². The second-order valence-electron chi connectivity index (χ2n) is 3.56. The summed E-state index contributed by atoms with van der Waals surface area (Å²) in [6.45, 7) is 5.24. The van der Waals surface area contributed by atoms with Gasteiger partial charge in [0.05, 0.1) is 4.90 Å². The number of rotatable bonds is 5. The lowest BCUT2D eigenvalue weighted by molar-refractivity contribution is 0.561. The van der Waals surface area contributed by atoms with Crippen LogP contribution in [0.15, 0.2) is 34.6 Å². The molecule has 0 spiro atoms. The minimum atomic E-state index is -3.67. The Labute approximate surface area is 105 Å². The largest absolute Gasteiger partial charge is 0.326 e. The molecule has 1 aromatic heterocycles. The van der Waals surface area contributed by atoms with Crippen LogP contribution >= 0.6 is 11.6 Å². The molecule has 0 bridgehead atoms. The average molecular weight is 277 g/mol. The van der Waals surface area contributed by atoms with Crippen LogP contribution in [0.5, 0.6) is 0 Å². The van der Waals surface area contributed by atoms with Crippen LogP contribution < -0.4 is 10.3 Å². The predicted octanol–water partition coefficient (Wildman–Crippen LogP) is 1.27. The number of sulfonamides is 1. The van der Waals surface area contributed by atoms with Crippen LogP contribution in [0.1, 0.15) is 13.3 Å². The zero-order valence-corrected chi connectivity index (χ0v) is 10.8. The molecular formula is C10H13ClN2O3S. The highest BCUT2D eigenvalue weighted by Crippen LogP contribution is 2.11. The van der Waals surface area contributed by atoms with Crippen molar-refractivity contribution in [1.82, 2.24) is 9.71 Å². The van der Waals surface area contributed by atoms with E-state index < -0.39 is 15.6 Å². The third kappa shape index (κ3) is 3.69. The van der Waals surface area contributed by atoms with Crippen LogP contribution in [0.2, 0.25) is 5.02 Å². The number of halogens is 1. The van der Waals surface area contributed by atoms with Crippen molar-refractivity contribution in [3.8, 4) is 0 Å². The molecule has 7 heteroatoms. The Balaban J connectivity index is 3.01. The number of aromatic amines is 1. The zero-order chi connectivity index (χ0) is 13.1. The Bertz CT molecular complexity index is 565. The molecule has 0 aliphatic rings. The van der Waals surface area contributed by atoms with Crippen molar-refractivity contribution in [1.29, 1.82) is 0 Å². The molecule has 0 aliphatic heterocycles. The molecule has 1 unspecified atom stereocenters. The van der Waals surface area contributed by atoms with Crippen LogP contribution in [0.4, 0.5) is 0 Å². The summed E-state index contributed by atoms with van der Waals surface area (Å²) < 4.78 is 26.2. The third-order valence-electron chi connectivity index (χ3n) is 2.02. The summed E-state index contributed by atoms with van der Waals surface area (Å²) in [5.41, 5.74) is -0.523.